The van der Waals surface area contributed by atoms with Gasteiger partial charge in [0.25, 0.3) is 5.91 Å². The van der Waals surface area contributed by atoms with E-state index in [9.17, 15) is 19.2 Å². The Kier molecular flexibility index (Phi) is 7.67. The summed E-state index contributed by atoms with van der Waals surface area (Å²) in [7, 11) is 0. The first kappa shape index (κ1) is 25.6. The van der Waals surface area contributed by atoms with E-state index in [1.165, 1.54) is 17.4 Å². The van der Waals surface area contributed by atoms with E-state index in [1.54, 1.807) is 48.5 Å². The average Bonchev–Trinajstić information content (AvgIpc) is 3.27. The maximum atomic E-state index is 12.6. The van der Waals surface area contributed by atoms with Crippen molar-refractivity contribution in [3.63, 3.8) is 0 Å². The van der Waals surface area contributed by atoms with Gasteiger partial charge < -0.3 is 19.7 Å². The van der Waals surface area contributed by atoms with Crippen molar-refractivity contribution in [3.05, 3.63) is 83.4 Å². The third kappa shape index (κ3) is 6.41. The molecule has 0 bridgehead atoms. The molecule has 1 N–H and O–H groups in total. The SMILES string of the molecule is CC(=O)c1ccc(NC(=O)COC(=O)[C@@H]2CC(=O)N(c3ccc(Oc4ccc(C)c(C)c4)cc3)C2)cc1. The smallest absolute Gasteiger partial charge is 0.311 e. The number of Topliss-reactive ketones (excluding diaryl/α,β-unsaturated/α-hetero) is 1. The van der Waals surface area contributed by atoms with Crippen LogP contribution in [0.15, 0.2) is 66.7 Å². The van der Waals surface area contributed by atoms with E-state index >= 15 is 0 Å². The Hall–Kier alpha value is -4.46. The molecule has 1 aliphatic rings. The minimum absolute atomic E-state index is 0.00779. The van der Waals surface area contributed by atoms with Crippen LogP contribution in [-0.2, 0) is 19.1 Å². The summed E-state index contributed by atoms with van der Waals surface area (Å²) in [6, 6.07) is 19.4. The van der Waals surface area contributed by atoms with Crippen LogP contribution in [-0.4, -0.2) is 36.7 Å². The minimum Gasteiger partial charge on any atom is -0.457 e. The summed E-state index contributed by atoms with van der Waals surface area (Å²) in [5.74, 6) is -0.684. The van der Waals surface area contributed by atoms with Crippen LogP contribution in [0.1, 0.15) is 34.8 Å². The second kappa shape index (κ2) is 11.1. The zero-order valence-electron chi connectivity index (χ0n) is 20.9. The van der Waals surface area contributed by atoms with Crippen LogP contribution >= 0.6 is 0 Å². The van der Waals surface area contributed by atoms with Gasteiger partial charge in [-0.25, -0.2) is 0 Å². The molecule has 0 saturated carbocycles. The highest BCUT2D eigenvalue weighted by Crippen LogP contribution is 2.29. The Morgan fingerprint density at radius 2 is 1.59 bits per heavy atom. The fourth-order valence-electron chi connectivity index (χ4n) is 3.96. The summed E-state index contributed by atoms with van der Waals surface area (Å²) >= 11 is 0. The molecule has 1 atom stereocenters. The van der Waals surface area contributed by atoms with Crippen molar-refractivity contribution in [3.8, 4) is 11.5 Å². The lowest BCUT2D eigenvalue weighted by Crippen LogP contribution is -2.28. The highest BCUT2D eigenvalue weighted by atomic mass is 16.5. The largest absolute Gasteiger partial charge is 0.457 e. The minimum atomic E-state index is -0.665. The normalized spacial score (nSPS) is 14.8. The number of esters is 1. The highest BCUT2D eigenvalue weighted by molar-refractivity contribution is 6.00. The van der Waals surface area contributed by atoms with Gasteiger partial charge in [0.2, 0.25) is 5.91 Å². The van der Waals surface area contributed by atoms with Crippen LogP contribution in [0.2, 0.25) is 0 Å². The van der Waals surface area contributed by atoms with Crippen molar-refractivity contribution in [1.82, 2.24) is 0 Å². The molecule has 8 heteroatoms. The van der Waals surface area contributed by atoms with Gasteiger partial charge in [-0.2, -0.15) is 0 Å². The molecule has 37 heavy (non-hydrogen) atoms. The molecule has 4 rings (SSSR count). The number of hydrogen-bond donors (Lipinski definition) is 1. The average molecular weight is 501 g/mol. The molecule has 0 spiro atoms. The molecule has 2 amide bonds. The Balaban J connectivity index is 1.28. The van der Waals surface area contributed by atoms with Crippen LogP contribution in [0.5, 0.6) is 11.5 Å². The van der Waals surface area contributed by atoms with Gasteiger partial charge in [-0.3, -0.25) is 19.2 Å². The van der Waals surface area contributed by atoms with Crippen LogP contribution in [0, 0.1) is 19.8 Å². The van der Waals surface area contributed by atoms with Crippen LogP contribution < -0.4 is 15.0 Å². The number of amides is 2. The molecule has 0 unspecified atom stereocenters. The maximum Gasteiger partial charge on any atom is 0.311 e. The lowest BCUT2D eigenvalue weighted by molar-refractivity contribution is -0.151. The van der Waals surface area contributed by atoms with Gasteiger partial charge in [0.15, 0.2) is 12.4 Å². The van der Waals surface area contributed by atoms with E-state index in [0.717, 1.165) is 11.3 Å². The number of aryl methyl sites for hydroxylation is 2. The van der Waals surface area contributed by atoms with E-state index in [-0.39, 0.29) is 24.7 Å². The number of carbonyl (C=O) groups is 4. The van der Waals surface area contributed by atoms with Crippen molar-refractivity contribution in [2.75, 3.05) is 23.4 Å². The molecule has 1 fully saturated rings. The lowest BCUT2D eigenvalue weighted by atomic mass is 10.1. The lowest BCUT2D eigenvalue weighted by Gasteiger charge is -2.17. The van der Waals surface area contributed by atoms with Crippen molar-refractivity contribution in [2.24, 2.45) is 5.92 Å². The van der Waals surface area contributed by atoms with Crippen molar-refractivity contribution >= 4 is 34.9 Å². The molecule has 0 radical (unpaired) electrons. The topological polar surface area (TPSA) is 102 Å². The fraction of sp³-hybridized carbons (Fsp3) is 0.241. The van der Waals surface area contributed by atoms with Gasteiger partial charge in [-0.1, -0.05) is 6.07 Å². The zero-order valence-corrected chi connectivity index (χ0v) is 20.9. The Labute approximate surface area is 215 Å². The first-order chi connectivity index (χ1) is 17.7. The number of carbonyl (C=O) groups excluding carboxylic acids is 4. The Morgan fingerprint density at radius 3 is 2.24 bits per heavy atom. The van der Waals surface area contributed by atoms with E-state index in [2.05, 4.69) is 5.32 Å². The molecule has 0 aliphatic carbocycles. The number of ether oxygens (including phenoxy) is 2. The van der Waals surface area contributed by atoms with E-state index in [4.69, 9.17) is 9.47 Å². The molecule has 0 aromatic heterocycles. The molecule has 8 nitrogen and oxygen atoms in total. The van der Waals surface area contributed by atoms with Crippen molar-refractivity contribution in [1.29, 1.82) is 0 Å². The first-order valence-electron chi connectivity index (χ1n) is 11.9. The van der Waals surface area contributed by atoms with Gasteiger partial charge in [0.1, 0.15) is 11.5 Å². The number of nitrogens with zero attached hydrogens (tertiary/aromatic N) is 1. The molecule has 3 aromatic carbocycles. The molecule has 1 aliphatic heterocycles. The number of rotatable bonds is 8. The summed E-state index contributed by atoms with van der Waals surface area (Å²) in [6.07, 6.45) is 0.00779. The fourth-order valence-corrected chi connectivity index (χ4v) is 3.96. The molecule has 1 saturated heterocycles. The second-order valence-electron chi connectivity index (χ2n) is 9.04. The summed E-state index contributed by atoms with van der Waals surface area (Å²) in [4.78, 5) is 50.1. The zero-order chi connectivity index (χ0) is 26.5. The van der Waals surface area contributed by atoms with E-state index < -0.39 is 24.4 Å². The van der Waals surface area contributed by atoms with Crippen LogP contribution in [0.25, 0.3) is 0 Å². The maximum absolute atomic E-state index is 12.6. The molecule has 3 aromatic rings. The monoisotopic (exact) mass is 500 g/mol. The predicted octanol–water partition coefficient (Wildman–Crippen LogP) is 4.83. The van der Waals surface area contributed by atoms with Gasteiger partial charge in [0, 0.05) is 29.9 Å². The quantitative estimate of drug-likeness (QED) is 0.351. The summed E-state index contributed by atoms with van der Waals surface area (Å²) in [6.45, 7) is 5.22. The van der Waals surface area contributed by atoms with Crippen molar-refractivity contribution < 1.29 is 28.7 Å². The number of anilines is 2. The number of hydrogen-bond acceptors (Lipinski definition) is 6. The summed E-state index contributed by atoms with van der Waals surface area (Å²) in [5, 5.41) is 2.61. The van der Waals surface area contributed by atoms with Crippen LogP contribution in [0.3, 0.4) is 0 Å². The van der Waals surface area contributed by atoms with Crippen LogP contribution in [0.4, 0.5) is 11.4 Å². The molecular formula is C29H28N2O6. The van der Waals surface area contributed by atoms with Gasteiger partial charge in [-0.05, 0) is 92.6 Å². The number of benzene rings is 3. The van der Waals surface area contributed by atoms with Gasteiger partial charge in [-0.15, -0.1) is 0 Å². The summed E-state index contributed by atoms with van der Waals surface area (Å²) in [5.41, 5.74) is 3.99. The standard InChI is InChI=1S/C29H28N2O6/c1-18-4-11-26(14-19(18)2)37-25-12-9-24(10-13-25)31-16-22(15-28(31)34)29(35)36-17-27(33)30-23-7-5-21(6-8-23)20(3)32/h4-14,22H,15-17H2,1-3H3,(H,30,33)/t22-/m1/s1. The van der Waals surface area contributed by atoms with Crippen molar-refractivity contribution in [2.45, 2.75) is 27.2 Å². The Bertz CT molecular complexity index is 1330. The third-order valence-corrected chi connectivity index (χ3v) is 6.24. The van der Waals surface area contributed by atoms with Gasteiger partial charge in [0.05, 0.1) is 5.92 Å². The Morgan fingerprint density at radius 1 is 0.919 bits per heavy atom. The highest BCUT2D eigenvalue weighted by Gasteiger charge is 2.36. The molecular weight excluding hydrogens is 472 g/mol. The first-order valence-corrected chi connectivity index (χ1v) is 11.9. The number of nitrogens with one attached hydrogen (secondary N) is 1. The van der Waals surface area contributed by atoms with Gasteiger partial charge >= 0.3 is 5.97 Å². The third-order valence-electron chi connectivity index (χ3n) is 6.24. The molecule has 190 valence electrons. The van der Waals surface area contributed by atoms with E-state index in [1.807, 2.05) is 32.0 Å². The molecule has 1 heterocycles. The number of ketones is 1. The summed E-state index contributed by atoms with van der Waals surface area (Å²) < 4.78 is 11.1. The predicted molar refractivity (Wildman–Crippen MR) is 139 cm³/mol. The second-order valence-corrected chi connectivity index (χ2v) is 9.04. The van der Waals surface area contributed by atoms with E-state index in [0.29, 0.717) is 22.7 Å².